The summed E-state index contributed by atoms with van der Waals surface area (Å²) in [5.74, 6) is 2.08. The fourth-order valence-corrected chi connectivity index (χ4v) is 5.60. The molecule has 36 heavy (non-hydrogen) atoms. The van der Waals surface area contributed by atoms with E-state index in [-0.39, 0.29) is 11.9 Å². The number of anilines is 1. The van der Waals surface area contributed by atoms with Crippen LogP contribution in [0, 0.1) is 6.92 Å². The molecular weight excluding hydrogens is 450 g/mol. The molecule has 0 aliphatic carbocycles. The third-order valence-electron chi connectivity index (χ3n) is 7.65. The number of rotatable bonds is 6. The van der Waals surface area contributed by atoms with Crippen molar-refractivity contribution in [2.24, 2.45) is 4.99 Å². The first-order valence-electron chi connectivity index (χ1n) is 13.1. The van der Waals surface area contributed by atoms with E-state index in [9.17, 15) is 4.79 Å². The summed E-state index contributed by atoms with van der Waals surface area (Å²) in [7, 11) is 0. The number of benzene rings is 2. The van der Waals surface area contributed by atoms with Crippen LogP contribution in [-0.4, -0.2) is 78.8 Å². The second-order valence-electron chi connectivity index (χ2n) is 10.0. The van der Waals surface area contributed by atoms with Gasteiger partial charge in [-0.15, -0.1) is 0 Å². The number of aryl methyl sites for hydroxylation is 1. The molecule has 0 N–H and O–H groups in total. The molecule has 0 bridgehead atoms. The third kappa shape index (κ3) is 4.55. The molecule has 186 valence electrons. The molecule has 3 aliphatic heterocycles. The third-order valence-corrected chi connectivity index (χ3v) is 7.65. The van der Waals surface area contributed by atoms with Gasteiger partial charge in [-0.1, -0.05) is 6.07 Å². The number of carbonyl (C=O) groups excluding carboxylic acids is 1. The molecule has 0 radical (unpaired) electrons. The zero-order chi connectivity index (χ0) is 24.5. The van der Waals surface area contributed by atoms with E-state index < -0.39 is 0 Å². The minimum absolute atomic E-state index is 0.103. The highest BCUT2D eigenvalue weighted by atomic mass is 16.5. The number of nitrogens with zero attached hydrogens (tertiary/aromatic N) is 5. The molecule has 2 fully saturated rings. The number of fused-ring (bicyclic) bond motifs is 3. The Kier molecular flexibility index (Phi) is 6.32. The second-order valence-corrected chi connectivity index (χ2v) is 10.0. The van der Waals surface area contributed by atoms with Gasteiger partial charge >= 0.3 is 0 Å². The van der Waals surface area contributed by atoms with E-state index in [0.717, 1.165) is 92.1 Å². The van der Waals surface area contributed by atoms with Crippen LogP contribution in [0.15, 0.2) is 53.7 Å². The topological polar surface area (TPSA) is 61.3 Å². The van der Waals surface area contributed by atoms with Gasteiger partial charge in [0.25, 0.3) is 5.91 Å². The maximum Gasteiger partial charge on any atom is 0.256 e. The van der Waals surface area contributed by atoms with Crippen LogP contribution in [0.2, 0.25) is 0 Å². The Labute approximate surface area is 212 Å². The van der Waals surface area contributed by atoms with Crippen LogP contribution >= 0.6 is 0 Å². The van der Waals surface area contributed by atoms with Gasteiger partial charge < -0.3 is 14.5 Å². The van der Waals surface area contributed by atoms with E-state index in [4.69, 9.17) is 9.73 Å². The number of hydrogen-bond donors (Lipinski definition) is 0. The van der Waals surface area contributed by atoms with Crippen LogP contribution in [0.25, 0.3) is 10.8 Å². The lowest BCUT2D eigenvalue weighted by Gasteiger charge is -2.35. The molecule has 1 atom stereocenters. The van der Waals surface area contributed by atoms with E-state index in [1.165, 1.54) is 0 Å². The average Bonchev–Trinajstić information content (AvgIpc) is 3.34. The molecule has 0 spiro atoms. The molecule has 3 aliphatic rings. The Morgan fingerprint density at radius 3 is 2.72 bits per heavy atom. The number of carbonyl (C=O) groups is 1. The lowest BCUT2D eigenvalue weighted by atomic mass is 10.0. The smallest absolute Gasteiger partial charge is 0.256 e. The quantitative estimate of drug-likeness (QED) is 0.485. The fourth-order valence-electron chi connectivity index (χ4n) is 5.60. The summed E-state index contributed by atoms with van der Waals surface area (Å²) in [5.41, 5.74) is 2.57. The van der Waals surface area contributed by atoms with Gasteiger partial charge in [0.15, 0.2) is 0 Å². The zero-order valence-electron chi connectivity index (χ0n) is 20.9. The number of aliphatic imine (C=N–C) groups is 1. The van der Waals surface area contributed by atoms with Crippen LogP contribution < -0.4 is 9.64 Å². The minimum Gasteiger partial charge on any atom is -0.493 e. The maximum absolute atomic E-state index is 13.1. The predicted molar refractivity (Wildman–Crippen MR) is 144 cm³/mol. The lowest BCUT2D eigenvalue weighted by Crippen LogP contribution is -2.47. The van der Waals surface area contributed by atoms with Crippen molar-refractivity contribution < 1.29 is 9.53 Å². The number of amides is 1. The SMILES string of the molecule is Cc1cc2cc3c(cc2cc1OCCCN1CCN(c2ccccn2)CC1)N=C[C@@H]1CCCN1C3=O. The highest BCUT2D eigenvalue weighted by Crippen LogP contribution is 2.34. The number of piperazine rings is 1. The van der Waals surface area contributed by atoms with Gasteiger partial charge in [-0.05, 0) is 78.9 Å². The van der Waals surface area contributed by atoms with Crippen molar-refractivity contribution in [1.29, 1.82) is 0 Å². The van der Waals surface area contributed by atoms with E-state index in [1.54, 1.807) is 0 Å². The van der Waals surface area contributed by atoms with Gasteiger partial charge in [0, 0.05) is 51.7 Å². The molecule has 1 amide bonds. The van der Waals surface area contributed by atoms with E-state index in [2.05, 4.69) is 39.9 Å². The first kappa shape index (κ1) is 23.0. The fraction of sp³-hybridized carbons (Fsp3) is 0.414. The predicted octanol–water partition coefficient (Wildman–Crippen LogP) is 4.45. The summed E-state index contributed by atoms with van der Waals surface area (Å²) in [4.78, 5) is 29.1. The van der Waals surface area contributed by atoms with E-state index in [1.807, 2.05) is 41.6 Å². The van der Waals surface area contributed by atoms with Gasteiger partial charge in [-0.25, -0.2) is 4.98 Å². The van der Waals surface area contributed by atoms with Crippen LogP contribution in [0.3, 0.4) is 0 Å². The molecule has 7 nitrogen and oxygen atoms in total. The highest BCUT2D eigenvalue weighted by Gasteiger charge is 2.31. The van der Waals surface area contributed by atoms with Crippen molar-refractivity contribution in [1.82, 2.24) is 14.8 Å². The molecule has 7 heteroatoms. The first-order valence-corrected chi connectivity index (χ1v) is 13.1. The molecule has 6 rings (SSSR count). The zero-order valence-corrected chi connectivity index (χ0v) is 20.9. The van der Waals surface area contributed by atoms with Crippen molar-refractivity contribution in [3.63, 3.8) is 0 Å². The number of hydrogen-bond acceptors (Lipinski definition) is 6. The van der Waals surface area contributed by atoms with Gasteiger partial charge in [0.1, 0.15) is 11.6 Å². The first-order chi connectivity index (χ1) is 17.7. The Morgan fingerprint density at radius 1 is 1.03 bits per heavy atom. The molecule has 2 saturated heterocycles. The minimum atomic E-state index is 0.103. The van der Waals surface area contributed by atoms with Gasteiger partial charge in [-0.2, -0.15) is 0 Å². The Morgan fingerprint density at radius 2 is 1.89 bits per heavy atom. The summed E-state index contributed by atoms with van der Waals surface area (Å²) in [6.07, 6.45) is 6.84. The van der Waals surface area contributed by atoms with Crippen molar-refractivity contribution >= 4 is 34.4 Å². The number of aromatic nitrogens is 1. The molecule has 3 aromatic rings. The second kappa shape index (κ2) is 9.90. The van der Waals surface area contributed by atoms with E-state index in [0.29, 0.717) is 12.2 Å². The molecule has 1 aromatic heterocycles. The summed E-state index contributed by atoms with van der Waals surface area (Å²) < 4.78 is 6.22. The van der Waals surface area contributed by atoms with Crippen molar-refractivity contribution in [3.05, 3.63) is 59.8 Å². The average molecular weight is 484 g/mol. The summed E-state index contributed by atoms with van der Waals surface area (Å²) in [6.45, 7) is 8.73. The number of pyridine rings is 1. The largest absolute Gasteiger partial charge is 0.493 e. The summed E-state index contributed by atoms with van der Waals surface area (Å²) in [5, 5.41) is 2.12. The maximum atomic E-state index is 13.1. The van der Waals surface area contributed by atoms with Gasteiger partial charge in [0.05, 0.1) is 23.9 Å². The molecular formula is C29H33N5O2. The highest BCUT2D eigenvalue weighted by molar-refractivity contribution is 6.06. The van der Waals surface area contributed by atoms with Crippen molar-refractivity contribution in [2.45, 2.75) is 32.2 Å². The van der Waals surface area contributed by atoms with Crippen molar-refractivity contribution in [3.8, 4) is 5.75 Å². The molecule has 2 aromatic carbocycles. The molecule has 0 saturated carbocycles. The molecule has 0 unspecified atom stereocenters. The van der Waals surface area contributed by atoms with Gasteiger partial charge in [0.2, 0.25) is 0 Å². The number of ether oxygens (including phenoxy) is 1. The molecule has 4 heterocycles. The summed E-state index contributed by atoms with van der Waals surface area (Å²) in [6, 6.07) is 14.5. The monoisotopic (exact) mass is 483 g/mol. The van der Waals surface area contributed by atoms with Crippen LogP contribution in [0.5, 0.6) is 5.75 Å². The Balaban J connectivity index is 1.07. The lowest BCUT2D eigenvalue weighted by molar-refractivity contribution is 0.0775. The van der Waals surface area contributed by atoms with E-state index >= 15 is 0 Å². The Hall–Kier alpha value is -3.45. The Bertz CT molecular complexity index is 1280. The van der Waals surface area contributed by atoms with Crippen molar-refractivity contribution in [2.75, 3.05) is 50.8 Å². The van der Waals surface area contributed by atoms with Crippen LogP contribution in [0.4, 0.5) is 11.5 Å². The van der Waals surface area contributed by atoms with Crippen LogP contribution in [-0.2, 0) is 0 Å². The van der Waals surface area contributed by atoms with Gasteiger partial charge in [-0.3, -0.25) is 14.7 Å². The summed E-state index contributed by atoms with van der Waals surface area (Å²) >= 11 is 0. The normalized spacial score (nSPS) is 19.9. The van der Waals surface area contributed by atoms with Crippen LogP contribution in [0.1, 0.15) is 35.2 Å². The standard InChI is InChI=1S/C29H33N5O2/c1-21-16-22-17-25-26(31-20-24-6-4-10-34(24)29(25)35)18-23(22)19-27(21)36-15-5-9-32-11-13-33(14-12-32)28-7-2-3-8-30-28/h2-3,7-8,16-20,24H,4-6,9-15H2,1H3/t24-/m0/s1.